The topological polar surface area (TPSA) is 92.1 Å². The normalized spacial score (nSPS) is 11.1. The van der Waals surface area contributed by atoms with Crippen LogP contribution in [0.3, 0.4) is 0 Å². The smallest absolute Gasteiger partial charge is 0.314 e. The molecule has 8 nitrogen and oxygen atoms in total. The molecule has 2 heterocycles. The summed E-state index contributed by atoms with van der Waals surface area (Å²) in [5.41, 5.74) is 0.558. The number of nitrogens with zero attached hydrogens (tertiary/aromatic N) is 4. The molecule has 2 aromatic carbocycles. The number of non-ortho nitro benzene ring substituents is 1. The van der Waals surface area contributed by atoms with Crippen molar-refractivity contribution >= 4 is 16.6 Å². The van der Waals surface area contributed by atoms with Crippen LogP contribution in [0.5, 0.6) is 0 Å². The summed E-state index contributed by atoms with van der Waals surface area (Å²) in [4.78, 5) is 36.0. The van der Waals surface area contributed by atoms with E-state index in [9.17, 15) is 24.1 Å². The summed E-state index contributed by atoms with van der Waals surface area (Å²) in [6.45, 7) is 0. The number of rotatable bonds is 3. The van der Waals surface area contributed by atoms with Crippen molar-refractivity contribution in [2.24, 2.45) is 14.1 Å². The van der Waals surface area contributed by atoms with E-state index in [-0.39, 0.29) is 11.1 Å². The first-order chi connectivity index (χ1) is 13.8. The minimum Gasteiger partial charge on any atom is -0.314 e. The van der Waals surface area contributed by atoms with Gasteiger partial charge in [0.1, 0.15) is 5.82 Å². The van der Waals surface area contributed by atoms with Crippen molar-refractivity contribution in [1.82, 2.24) is 13.7 Å². The number of nitro benzene ring substituents is 1. The van der Waals surface area contributed by atoms with Gasteiger partial charge in [0.25, 0.3) is 11.2 Å². The predicted octanol–water partition coefficient (Wildman–Crippen LogP) is 2.74. The van der Waals surface area contributed by atoms with Gasteiger partial charge in [-0.1, -0.05) is 12.1 Å². The van der Waals surface area contributed by atoms with Crippen LogP contribution in [-0.4, -0.2) is 18.6 Å². The Labute approximate surface area is 162 Å². The number of hydrogen-bond donors (Lipinski definition) is 0. The zero-order chi connectivity index (χ0) is 20.9. The zero-order valence-corrected chi connectivity index (χ0v) is 15.5. The van der Waals surface area contributed by atoms with Crippen LogP contribution in [0.1, 0.15) is 0 Å². The Bertz CT molecular complexity index is 1400. The van der Waals surface area contributed by atoms with Crippen molar-refractivity contribution in [2.45, 2.75) is 0 Å². The van der Waals surface area contributed by atoms with Gasteiger partial charge in [-0.05, 0) is 24.3 Å². The second kappa shape index (κ2) is 6.55. The highest BCUT2D eigenvalue weighted by Gasteiger charge is 2.21. The maximum Gasteiger partial charge on any atom is 0.330 e. The average molecular weight is 394 g/mol. The molecule has 9 heteroatoms. The monoisotopic (exact) mass is 394 g/mol. The molecular weight excluding hydrogens is 379 g/mol. The van der Waals surface area contributed by atoms with Crippen LogP contribution in [0, 0.1) is 15.9 Å². The third-order valence-electron chi connectivity index (χ3n) is 4.87. The van der Waals surface area contributed by atoms with Gasteiger partial charge in [-0.15, -0.1) is 0 Å². The highest BCUT2D eigenvalue weighted by molar-refractivity contribution is 5.95. The van der Waals surface area contributed by atoms with E-state index in [1.807, 2.05) is 0 Å². The lowest BCUT2D eigenvalue weighted by Gasteiger charge is -2.10. The molecule has 146 valence electrons. The fourth-order valence-corrected chi connectivity index (χ4v) is 3.40. The average Bonchev–Trinajstić information content (AvgIpc) is 3.12. The molecular formula is C20H15FN4O4. The number of fused-ring (bicyclic) bond motifs is 1. The van der Waals surface area contributed by atoms with Crippen LogP contribution < -0.4 is 11.2 Å². The third-order valence-corrected chi connectivity index (χ3v) is 4.87. The number of benzene rings is 2. The van der Waals surface area contributed by atoms with Crippen LogP contribution in [-0.2, 0) is 14.1 Å². The molecule has 0 unspecified atom stereocenters. The Hall–Kier alpha value is -4.01. The molecule has 4 rings (SSSR count). The number of halogens is 1. The Morgan fingerprint density at radius 2 is 1.69 bits per heavy atom. The molecule has 0 aliphatic carbocycles. The van der Waals surface area contributed by atoms with Gasteiger partial charge in [0.15, 0.2) is 0 Å². The minimum absolute atomic E-state index is 0.135. The Morgan fingerprint density at radius 3 is 2.34 bits per heavy atom. The fraction of sp³-hybridized carbons (Fsp3) is 0.100. The van der Waals surface area contributed by atoms with Crippen molar-refractivity contribution in [3.05, 3.63) is 91.5 Å². The van der Waals surface area contributed by atoms with E-state index < -0.39 is 22.0 Å². The number of nitro groups is 1. The van der Waals surface area contributed by atoms with Gasteiger partial charge in [-0.3, -0.25) is 24.0 Å². The van der Waals surface area contributed by atoms with Crippen LogP contribution in [0.25, 0.3) is 27.8 Å². The largest absolute Gasteiger partial charge is 0.330 e. The first-order valence-corrected chi connectivity index (χ1v) is 8.61. The molecule has 0 radical (unpaired) electrons. The van der Waals surface area contributed by atoms with Crippen LogP contribution >= 0.6 is 0 Å². The quantitative estimate of drug-likeness (QED) is 0.395. The highest BCUT2D eigenvalue weighted by Crippen LogP contribution is 2.32. The van der Waals surface area contributed by atoms with E-state index in [1.54, 1.807) is 16.8 Å². The Morgan fingerprint density at radius 1 is 1.00 bits per heavy atom. The van der Waals surface area contributed by atoms with Crippen LogP contribution in [0.2, 0.25) is 0 Å². The van der Waals surface area contributed by atoms with E-state index in [2.05, 4.69) is 0 Å². The number of hydrogen-bond acceptors (Lipinski definition) is 4. The van der Waals surface area contributed by atoms with Gasteiger partial charge < -0.3 is 4.57 Å². The maximum atomic E-state index is 13.4. The van der Waals surface area contributed by atoms with Crippen molar-refractivity contribution in [3.63, 3.8) is 0 Å². The summed E-state index contributed by atoms with van der Waals surface area (Å²) in [7, 11) is 2.91. The van der Waals surface area contributed by atoms with Crippen LogP contribution in [0.4, 0.5) is 10.1 Å². The molecule has 4 aromatic rings. The Kier molecular flexibility index (Phi) is 4.15. The molecule has 0 fully saturated rings. The van der Waals surface area contributed by atoms with Crippen molar-refractivity contribution in [3.8, 4) is 16.9 Å². The molecule has 0 aliphatic heterocycles. The number of aromatic nitrogens is 3. The summed E-state index contributed by atoms with van der Waals surface area (Å²) in [6, 6.07) is 11.5. The van der Waals surface area contributed by atoms with Crippen molar-refractivity contribution < 1.29 is 9.31 Å². The lowest BCUT2D eigenvalue weighted by molar-refractivity contribution is -0.384. The van der Waals surface area contributed by atoms with E-state index in [0.29, 0.717) is 22.5 Å². The summed E-state index contributed by atoms with van der Waals surface area (Å²) >= 11 is 0. The van der Waals surface area contributed by atoms with Gasteiger partial charge in [0, 0.05) is 43.7 Å². The molecule has 0 spiro atoms. The predicted molar refractivity (Wildman–Crippen MR) is 106 cm³/mol. The third kappa shape index (κ3) is 2.83. The summed E-state index contributed by atoms with van der Waals surface area (Å²) in [6.07, 6.45) is 1.60. The van der Waals surface area contributed by atoms with Gasteiger partial charge in [-0.2, -0.15) is 0 Å². The number of aryl methyl sites for hydroxylation is 1. The van der Waals surface area contributed by atoms with Gasteiger partial charge in [0.05, 0.1) is 21.5 Å². The summed E-state index contributed by atoms with van der Waals surface area (Å²) in [5.74, 6) is -0.425. The van der Waals surface area contributed by atoms with Gasteiger partial charge in [0.2, 0.25) is 0 Å². The van der Waals surface area contributed by atoms with Crippen LogP contribution in [0.15, 0.2) is 64.3 Å². The molecule has 0 saturated heterocycles. The molecule has 2 aromatic heterocycles. The molecule has 0 aliphatic rings. The second-order valence-corrected chi connectivity index (χ2v) is 6.60. The first kappa shape index (κ1) is 18.4. The molecule has 29 heavy (non-hydrogen) atoms. The Balaban J connectivity index is 2.18. The van der Waals surface area contributed by atoms with Gasteiger partial charge in [-0.25, -0.2) is 9.18 Å². The zero-order valence-electron chi connectivity index (χ0n) is 15.5. The molecule has 0 saturated carbocycles. The molecule has 0 bridgehead atoms. The van der Waals surface area contributed by atoms with Gasteiger partial charge >= 0.3 is 5.69 Å². The van der Waals surface area contributed by atoms with E-state index in [1.165, 1.54) is 61.1 Å². The van der Waals surface area contributed by atoms with Crippen molar-refractivity contribution in [2.75, 3.05) is 0 Å². The second-order valence-electron chi connectivity index (χ2n) is 6.60. The lowest BCUT2D eigenvalue weighted by atomic mass is 10.1. The SMILES string of the molecule is Cn1c(=O)c2c(-c3cccc([N+](=O)[O-])c3)n(-c3ccc(F)cc3)cc2n(C)c1=O. The van der Waals surface area contributed by atoms with E-state index in [0.717, 1.165) is 4.57 Å². The standard InChI is InChI=1S/C20H15FN4O4/c1-22-16-11-24(14-8-6-13(21)7-9-14)18(17(16)19(26)23(2)20(22)27)12-4-3-5-15(10-12)25(28)29/h3-11H,1-2H3. The molecule has 0 atom stereocenters. The summed E-state index contributed by atoms with van der Waals surface area (Å²) in [5, 5.41) is 11.5. The van der Waals surface area contributed by atoms with Crippen molar-refractivity contribution in [1.29, 1.82) is 0 Å². The lowest BCUT2D eigenvalue weighted by Crippen LogP contribution is -2.36. The molecule has 0 amide bonds. The van der Waals surface area contributed by atoms with E-state index >= 15 is 0 Å². The first-order valence-electron chi connectivity index (χ1n) is 8.61. The fourth-order valence-electron chi connectivity index (χ4n) is 3.40. The van der Waals surface area contributed by atoms with E-state index in [4.69, 9.17) is 0 Å². The maximum absolute atomic E-state index is 13.4. The highest BCUT2D eigenvalue weighted by atomic mass is 19.1. The molecule has 0 N–H and O–H groups in total. The summed E-state index contributed by atoms with van der Waals surface area (Å²) < 4.78 is 17.4. The minimum atomic E-state index is -0.523.